The van der Waals surface area contributed by atoms with Gasteiger partial charge in [0.25, 0.3) is 0 Å². The highest BCUT2D eigenvalue weighted by atomic mass is 16.2. The van der Waals surface area contributed by atoms with Crippen LogP contribution in [-0.2, 0) is 9.59 Å². The van der Waals surface area contributed by atoms with E-state index in [1.807, 2.05) is 13.8 Å². The van der Waals surface area contributed by atoms with Crippen LogP contribution in [0, 0.1) is 5.92 Å². The summed E-state index contributed by atoms with van der Waals surface area (Å²) in [6.07, 6.45) is 4.75. The molecule has 1 aliphatic rings. The zero-order valence-corrected chi connectivity index (χ0v) is 12.2. The zero-order chi connectivity index (χ0) is 14.4. The van der Waals surface area contributed by atoms with Gasteiger partial charge in [-0.1, -0.05) is 12.8 Å². The molecule has 0 saturated heterocycles. The lowest BCUT2D eigenvalue weighted by molar-refractivity contribution is -0.129. The molecule has 1 rings (SSSR count). The Morgan fingerprint density at radius 1 is 1.16 bits per heavy atom. The predicted octanol–water partition coefficient (Wildman–Crippen LogP) is 0.923. The molecule has 2 amide bonds. The largest absolute Gasteiger partial charge is 0.352 e. The van der Waals surface area contributed by atoms with Crippen molar-refractivity contribution in [1.29, 1.82) is 0 Å². The van der Waals surface area contributed by atoms with Crippen LogP contribution in [0.2, 0.25) is 0 Å². The normalized spacial score (nSPS) is 24.9. The van der Waals surface area contributed by atoms with Gasteiger partial charge < -0.3 is 16.4 Å². The lowest BCUT2D eigenvalue weighted by atomic mass is 9.83. The summed E-state index contributed by atoms with van der Waals surface area (Å²) < 4.78 is 0. The summed E-state index contributed by atoms with van der Waals surface area (Å²) in [6, 6.07) is -0.285. The quantitative estimate of drug-likeness (QED) is 0.694. The molecule has 0 aliphatic heterocycles. The van der Waals surface area contributed by atoms with Gasteiger partial charge >= 0.3 is 0 Å². The molecule has 1 fully saturated rings. The number of hydrogen-bond donors (Lipinski definition) is 3. The Hall–Kier alpha value is -1.10. The molecule has 4 N–H and O–H groups in total. The van der Waals surface area contributed by atoms with Crippen molar-refractivity contribution in [3.63, 3.8) is 0 Å². The first-order valence-corrected chi connectivity index (χ1v) is 7.25. The Morgan fingerprint density at radius 3 is 2.37 bits per heavy atom. The maximum Gasteiger partial charge on any atom is 0.242 e. The number of nitrogens with two attached hydrogens (primary N) is 1. The van der Waals surface area contributed by atoms with Gasteiger partial charge in [0.1, 0.15) is 6.04 Å². The van der Waals surface area contributed by atoms with E-state index in [-0.39, 0.29) is 29.8 Å². The highest BCUT2D eigenvalue weighted by Crippen LogP contribution is 2.25. The van der Waals surface area contributed by atoms with E-state index >= 15 is 0 Å². The number of nitrogens with one attached hydrogen (secondary N) is 2. The van der Waals surface area contributed by atoms with Crippen molar-refractivity contribution in [1.82, 2.24) is 10.6 Å². The van der Waals surface area contributed by atoms with Crippen LogP contribution in [0.3, 0.4) is 0 Å². The Morgan fingerprint density at radius 2 is 1.79 bits per heavy atom. The standard InChI is InChI=1S/C14H27N3O2/c1-9(2)16-14(19)10(3)17-13(18)8-11-6-4-5-7-12(11)15/h9-12H,4-8,15H2,1-3H3,(H,16,19)(H,17,18). The van der Waals surface area contributed by atoms with Gasteiger partial charge in [-0.3, -0.25) is 9.59 Å². The second-order valence-corrected chi connectivity index (χ2v) is 5.87. The minimum atomic E-state index is -0.491. The maximum absolute atomic E-state index is 11.9. The fourth-order valence-corrected chi connectivity index (χ4v) is 2.50. The summed E-state index contributed by atoms with van der Waals surface area (Å²) in [6.45, 7) is 5.50. The molecular weight excluding hydrogens is 242 g/mol. The summed E-state index contributed by atoms with van der Waals surface area (Å²) in [5.74, 6) is 0.0409. The van der Waals surface area contributed by atoms with Gasteiger partial charge in [-0.2, -0.15) is 0 Å². The average Bonchev–Trinajstić information content (AvgIpc) is 2.31. The third kappa shape index (κ3) is 5.59. The maximum atomic E-state index is 11.9. The lowest BCUT2D eigenvalue weighted by Crippen LogP contribution is -2.47. The molecule has 5 heteroatoms. The van der Waals surface area contributed by atoms with Crippen molar-refractivity contribution in [2.75, 3.05) is 0 Å². The van der Waals surface area contributed by atoms with E-state index < -0.39 is 6.04 Å². The van der Waals surface area contributed by atoms with Gasteiger partial charge in [0, 0.05) is 18.5 Å². The van der Waals surface area contributed by atoms with Crippen LogP contribution in [0.5, 0.6) is 0 Å². The number of amides is 2. The molecule has 1 saturated carbocycles. The molecule has 1 aliphatic carbocycles. The van der Waals surface area contributed by atoms with Gasteiger partial charge in [0.05, 0.1) is 0 Å². The first kappa shape index (κ1) is 16.0. The Kier molecular flexibility index (Phi) is 6.28. The summed E-state index contributed by atoms with van der Waals surface area (Å²) in [4.78, 5) is 23.6. The van der Waals surface area contributed by atoms with Gasteiger partial charge in [0.15, 0.2) is 0 Å². The second kappa shape index (κ2) is 7.48. The number of carbonyl (C=O) groups is 2. The minimum Gasteiger partial charge on any atom is -0.352 e. The fraction of sp³-hybridized carbons (Fsp3) is 0.857. The number of carbonyl (C=O) groups excluding carboxylic acids is 2. The molecule has 0 aromatic carbocycles. The van der Waals surface area contributed by atoms with Crippen molar-refractivity contribution < 1.29 is 9.59 Å². The molecule has 0 spiro atoms. The van der Waals surface area contributed by atoms with Crippen molar-refractivity contribution in [3.8, 4) is 0 Å². The van der Waals surface area contributed by atoms with Crippen LogP contribution in [0.4, 0.5) is 0 Å². The monoisotopic (exact) mass is 269 g/mol. The van der Waals surface area contributed by atoms with E-state index in [0.717, 1.165) is 25.7 Å². The molecule has 110 valence electrons. The van der Waals surface area contributed by atoms with E-state index in [0.29, 0.717) is 6.42 Å². The summed E-state index contributed by atoms with van der Waals surface area (Å²) in [5, 5.41) is 5.53. The smallest absolute Gasteiger partial charge is 0.242 e. The molecule has 0 heterocycles. The molecule has 0 aromatic rings. The third-order valence-electron chi connectivity index (χ3n) is 3.62. The highest BCUT2D eigenvalue weighted by Gasteiger charge is 2.25. The van der Waals surface area contributed by atoms with E-state index in [2.05, 4.69) is 10.6 Å². The van der Waals surface area contributed by atoms with E-state index in [1.54, 1.807) is 6.92 Å². The van der Waals surface area contributed by atoms with Gasteiger partial charge in [0.2, 0.25) is 11.8 Å². The molecule has 5 nitrogen and oxygen atoms in total. The SMILES string of the molecule is CC(C)NC(=O)C(C)NC(=O)CC1CCCCC1N. The molecule has 3 unspecified atom stereocenters. The van der Waals surface area contributed by atoms with Gasteiger partial charge in [-0.05, 0) is 39.5 Å². The molecule has 19 heavy (non-hydrogen) atoms. The second-order valence-electron chi connectivity index (χ2n) is 5.87. The van der Waals surface area contributed by atoms with Crippen molar-refractivity contribution in [3.05, 3.63) is 0 Å². The van der Waals surface area contributed by atoms with Crippen molar-refractivity contribution >= 4 is 11.8 Å². The summed E-state index contributed by atoms with van der Waals surface area (Å²) >= 11 is 0. The molecule has 0 bridgehead atoms. The van der Waals surface area contributed by atoms with Crippen LogP contribution in [0.15, 0.2) is 0 Å². The topological polar surface area (TPSA) is 84.2 Å². The van der Waals surface area contributed by atoms with Crippen LogP contribution in [0.1, 0.15) is 52.9 Å². The van der Waals surface area contributed by atoms with Crippen molar-refractivity contribution in [2.24, 2.45) is 11.7 Å². The van der Waals surface area contributed by atoms with Crippen LogP contribution in [0.25, 0.3) is 0 Å². The van der Waals surface area contributed by atoms with Crippen molar-refractivity contribution in [2.45, 2.75) is 71.0 Å². The molecular formula is C14H27N3O2. The Bertz CT molecular complexity index is 318. The molecule has 0 aromatic heterocycles. The van der Waals surface area contributed by atoms with Crippen LogP contribution < -0.4 is 16.4 Å². The van der Waals surface area contributed by atoms with E-state index in [9.17, 15) is 9.59 Å². The zero-order valence-electron chi connectivity index (χ0n) is 12.2. The molecule has 3 atom stereocenters. The van der Waals surface area contributed by atoms with Gasteiger partial charge in [-0.15, -0.1) is 0 Å². The Labute approximate surface area is 115 Å². The summed E-state index contributed by atoms with van der Waals surface area (Å²) in [5.41, 5.74) is 6.02. The van der Waals surface area contributed by atoms with Crippen LogP contribution in [-0.4, -0.2) is 29.9 Å². The first-order valence-electron chi connectivity index (χ1n) is 7.25. The van der Waals surface area contributed by atoms with Crippen LogP contribution >= 0.6 is 0 Å². The fourth-order valence-electron chi connectivity index (χ4n) is 2.50. The van der Waals surface area contributed by atoms with E-state index in [4.69, 9.17) is 5.73 Å². The third-order valence-corrected chi connectivity index (χ3v) is 3.62. The highest BCUT2D eigenvalue weighted by molar-refractivity contribution is 5.87. The number of hydrogen-bond acceptors (Lipinski definition) is 3. The average molecular weight is 269 g/mol. The first-order chi connectivity index (χ1) is 8.90. The van der Waals surface area contributed by atoms with Gasteiger partial charge in [-0.25, -0.2) is 0 Å². The Balaban J connectivity index is 2.35. The minimum absolute atomic E-state index is 0.0752. The van der Waals surface area contributed by atoms with E-state index in [1.165, 1.54) is 0 Å². The predicted molar refractivity (Wildman–Crippen MR) is 75.4 cm³/mol. The number of rotatable bonds is 5. The summed E-state index contributed by atoms with van der Waals surface area (Å²) in [7, 11) is 0. The molecule has 0 radical (unpaired) electrons. The lowest BCUT2D eigenvalue weighted by Gasteiger charge is -2.28.